The highest BCUT2D eigenvalue weighted by atomic mass is 16.5. The summed E-state index contributed by atoms with van der Waals surface area (Å²) in [6, 6.07) is 15.2. The first-order valence-corrected chi connectivity index (χ1v) is 9.65. The molecule has 6 heteroatoms. The Kier molecular flexibility index (Phi) is 7.28. The second-order valence-corrected chi connectivity index (χ2v) is 7.06. The smallest absolute Gasteiger partial charge is 0.258 e. The van der Waals surface area contributed by atoms with E-state index >= 15 is 0 Å². The summed E-state index contributed by atoms with van der Waals surface area (Å²) in [5.41, 5.74) is 1.19. The molecule has 1 N–H and O–H groups in total. The van der Waals surface area contributed by atoms with Gasteiger partial charge in [0.25, 0.3) is 5.91 Å². The fourth-order valence-electron chi connectivity index (χ4n) is 3.03. The van der Waals surface area contributed by atoms with Crippen LogP contribution in [0.15, 0.2) is 48.5 Å². The number of nitrogens with zero attached hydrogens (tertiary/aromatic N) is 1. The molecule has 0 aliphatic carbocycles. The van der Waals surface area contributed by atoms with E-state index in [-0.39, 0.29) is 18.6 Å². The number of amides is 1. The number of ether oxygens (including phenoxy) is 3. The molecule has 150 valence electrons. The first-order valence-electron chi connectivity index (χ1n) is 9.65. The first kappa shape index (κ1) is 20.2. The van der Waals surface area contributed by atoms with Gasteiger partial charge < -0.3 is 19.5 Å². The van der Waals surface area contributed by atoms with Crippen LogP contribution in [-0.4, -0.2) is 56.3 Å². The summed E-state index contributed by atoms with van der Waals surface area (Å²) in [5.74, 6) is 2.01. The number of benzene rings is 2. The maximum Gasteiger partial charge on any atom is 0.258 e. The SMILES string of the molecule is Cc1ccc(Oc2ccc(OCC(=O)NC(C)CN3CCOCC3)cc2)cc1. The fourth-order valence-corrected chi connectivity index (χ4v) is 3.03. The third-order valence-electron chi connectivity index (χ3n) is 4.49. The number of morpholine rings is 1. The highest BCUT2D eigenvalue weighted by Gasteiger charge is 2.15. The van der Waals surface area contributed by atoms with Crippen molar-refractivity contribution >= 4 is 5.91 Å². The second kappa shape index (κ2) is 10.1. The number of aryl methyl sites for hydroxylation is 1. The third-order valence-corrected chi connectivity index (χ3v) is 4.49. The molecule has 1 aliphatic rings. The van der Waals surface area contributed by atoms with Gasteiger partial charge in [0.2, 0.25) is 0 Å². The molecular formula is C22H28N2O4. The monoisotopic (exact) mass is 384 g/mol. The largest absolute Gasteiger partial charge is 0.484 e. The summed E-state index contributed by atoms with van der Waals surface area (Å²) >= 11 is 0. The standard InChI is InChI=1S/C22H28N2O4/c1-17-3-5-20(6-4-17)28-21-9-7-19(8-10-21)27-16-22(25)23-18(2)15-24-11-13-26-14-12-24/h3-10,18H,11-16H2,1-2H3,(H,23,25). The van der Waals surface area contributed by atoms with Gasteiger partial charge in [0, 0.05) is 25.7 Å². The van der Waals surface area contributed by atoms with Crippen molar-refractivity contribution in [1.82, 2.24) is 10.2 Å². The van der Waals surface area contributed by atoms with E-state index in [2.05, 4.69) is 10.2 Å². The lowest BCUT2D eigenvalue weighted by molar-refractivity contribution is -0.123. The molecule has 1 atom stereocenters. The molecule has 28 heavy (non-hydrogen) atoms. The van der Waals surface area contributed by atoms with Gasteiger partial charge >= 0.3 is 0 Å². The molecule has 1 heterocycles. The van der Waals surface area contributed by atoms with Gasteiger partial charge in [0.15, 0.2) is 6.61 Å². The van der Waals surface area contributed by atoms with E-state index in [1.807, 2.05) is 50.2 Å². The second-order valence-electron chi connectivity index (χ2n) is 7.06. The summed E-state index contributed by atoms with van der Waals surface area (Å²) in [5, 5.41) is 2.97. The normalized spacial score (nSPS) is 15.6. The van der Waals surface area contributed by atoms with Crippen molar-refractivity contribution < 1.29 is 19.0 Å². The van der Waals surface area contributed by atoms with Crippen LogP contribution in [-0.2, 0) is 9.53 Å². The number of nitrogens with one attached hydrogen (secondary N) is 1. The lowest BCUT2D eigenvalue weighted by Crippen LogP contribution is -2.46. The summed E-state index contributed by atoms with van der Waals surface area (Å²) in [7, 11) is 0. The van der Waals surface area contributed by atoms with Crippen molar-refractivity contribution in [2.75, 3.05) is 39.5 Å². The van der Waals surface area contributed by atoms with Gasteiger partial charge in [-0.2, -0.15) is 0 Å². The minimum Gasteiger partial charge on any atom is -0.484 e. The van der Waals surface area contributed by atoms with Crippen molar-refractivity contribution in [2.45, 2.75) is 19.9 Å². The molecule has 3 rings (SSSR count). The molecule has 0 radical (unpaired) electrons. The summed E-state index contributed by atoms with van der Waals surface area (Å²) in [4.78, 5) is 14.4. The molecule has 2 aromatic carbocycles. The molecule has 6 nitrogen and oxygen atoms in total. The zero-order valence-electron chi connectivity index (χ0n) is 16.5. The van der Waals surface area contributed by atoms with E-state index in [9.17, 15) is 4.79 Å². The Morgan fingerprint density at radius 2 is 1.61 bits per heavy atom. The Morgan fingerprint density at radius 3 is 2.25 bits per heavy atom. The lowest BCUT2D eigenvalue weighted by Gasteiger charge is -2.29. The molecule has 2 aromatic rings. The van der Waals surface area contributed by atoms with E-state index < -0.39 is 0 Å². The topological polar surface area (TPSA) is 60.0 Å². The van der Waals surface area contributed by atoms with E-state index in [0.717, 1.165) is 44.3 Å². The summed E-state index contributed by atoms with van der Waals surface area (Å²) in [6.45, 7) is 8.19. The van der Waals surface area contributed by atoms with Crippen LogP contribution in [0.2, 0.25) is 0 Å². The predicted octanol–water partition coefficient (Wildman–Crippen LogP) is 3.00. The molecule has 1 saturated heterocycles. The maximum atomic E-state index is 12.1. The van der Waals surface area contributed by atoms with Crippen LogP contribution in [0.1, 0.15) is 12.5 Å². The molecule has 1 amide bonds. The van der Waals surface area contributed by atoms with E-state index in [4.69, 9.17) is 14.2 Å². The van der Waals surface area contributed by atoms with Gasteiger partial charge in [-0.1, -0.05) is 17.7 Å². The van der Waals surface area contributed by atoms with Crippen LogP contribution >= 0.6 is 0 Å². The Balaban J connectivity index is 1.40. The molecule has 0 aromatic heterocycles. The quantitative estimate of drug-likeness (QED) is 0.758. The average molecular weight is 384 g/mol. The van der Waals surface area contributed by atoms with Crippen LogP contribution < -0.4 is 14.8 Å². The van der Waals surface area contributed by atoms with Gasteiger partial charge in [0.05, 0.1) is 13.2 Å². The van der Waals surface area contributed by atoms with Crippen LogP contribution in [0.3, 0.4) is 0 Å². The number of carbonyl (C=O) groups is 1. The zero-order chi connectivity index (χ0) is 19.8. The van der Waals surface area contributed by atoms with Crippen LogP contribution in [0.25, 0.3) is 0 Å². The minimum absolute atomic E-state index is 0.00832. The highest BCUT2D eigenvalue weighted by molar-refractivity contribution is 5.77. The lowest BCUT2D eigenvalue weighted by atomic mass is 10.2. The first-order chi connectivity index (χ1) is 13.6. The minimum atomic E-state index is -0.124. The molecule has 1 aliphatic heterocycles. The highest BCUT2D eigenvalue weighted by Crippen LogP contribution is 2.24. The molecule has 0 saturated carbocycles. The van der Waals surface area contributed by atoms with Crippen molar-refractivity contribution in [3.05, 3.63) is 54.1 Å². The third kappa shape index (κ3) is 6.55. The van der Waals surface area contributed by atoms with Crippen molar-refractivity contribution in [3.8, 4) is 17.2 Å². The number of carbonyl (C=O) groups excluding carboxylic acids is 1. The van der Waals surface area contributed by atoms with Gasteiger partial charge in [-0.25, -0.2) is 0 Å². The Hall–Kier alpha value is -2.57. The molecule has 1 unspecified atom stereocenters. The van der Waals surface area contributed by atoms with Gasteiger partial charge in [-0.05, 0) is 50.2 Å². The molecule has 1 fully saturated rings. The molecule has 0 spiro atoms. The summed E-state index contributed by atoms with van der Waals surface area (Å²) < 4.78 is 16.7. The predicted molar refractivity (Wildman–Crippen MR) is 108 cm³/mol. The number of hydrogen-bond acceptors (Lipinski definition) is 5. The van der Waals surface area contributed by atoms with Crippen molar-refractivity contribution in [1.29, 1.82) is 0 Å². The Morgan fingerprint density at radius 1 is 1.04 bits per heavy atom. The van der Waals surface area contributed by atoms with E-state index in [0.29, 0.717) is 5.75 Å². The maximum absolute atomic E-state index is 12.1. The van der Waals surface area contributed by atoms with Crippen molar-refractivity contribution in [2.24, 2.45) is 0 Å². The average Bonchev–Trinajstić information content (AvgIpc) is 2.70. The van der Waals surface area contributed by atoms with Crippen LogP contribution in [0.4, 0.5) is 0 Å². The van der Waals surface area contributed by atoms with Crippen LogP contribution in [0.5, 0.6) is 17.2 Å². The summed E-state index contributed by atoms with van der Waals surface area (Å²) in [6.07, 6.45) is 0. The zero-order valence-corrected chi connectivity index (χ0v) is 16.5. The number of rotatable bonds is 8. The molecule has 0 bridgehead atoms. The van der Waals surface area contributed by atoms with Crippen molar-refractivity contribution in [3.63, 3.8) is 0 Å². The fraction of sp³-hybridized carbons (Fsp3) is 0.409. The van der Waals surface area contributed by atoms with Gasteiger partial charge in [0.1, 0.15) is 17.2 Å². The van der Waals surface area contributed by atoms with E-state index in [1.165, 1.54) is 5.56 Å². The van der Waals surface area contributed by atoms with E-state index in [1.54, 1.807) is 12.1 Å². The Labute approximate surface area is 166 Å². The Bertz CT molecular complexity index is 740. The van der Waals surface area contributed by atoms with Gasteiger partial charge in [-0.3, -0.25) is 9.69 Å². The number of hydrogen-bond donors (Lipinski definition) is 1. The van der Waals surface area contributed by atoms with Crippen LogP contribution in [0, 0.1) is 6.92 Å². The molecular weight excluding hydrogens is 356 g/mol. The van der Waals surface area contributed by atoms with Gasteiger partial charge in [-0.15, -0.1) is 0 Å².